The van der Waals surface area contributed by atoms with Gasteiger partial charge in [0.2, 0.25) is 6.10 Å². The number of ether oxygens (including phenoxy) is 4. The van der Waals surface area contributed by atoms with Crippen LogP contribution in [0.15, 0.2) is 102 Å². The van der Waals surface area contributed by atoms with Crippen LogP contribution in [0, 0.1) is 28.1 Å². The fourth-order valence-electron chi connectivity index (χ4n) is 11.0. The SMILES string of the molecule is CC1=C2[C@@H](C)C(=O)[C@@]3(C)[C@H]([C@H](OC(=O)c4ccccc4)[C@](O)(C[C@@H]1OC(=O)[C@H](OC(=O)CCC(=O)O)[C@@H](NC(=O)c1ccccc1)c1ccccc1)C2(C)C)[C@]1(C)CO[C@@H]1C[C@@H]3O. The average molecular weight is 866 g/mol. The molecule has 3 fully saturated rings. The third kappa shape index (κ3) is 7.86. The summed E-state index contributed by atoms with van der Waals surface area (Å²) in [6, 6.07) is 23.3. The molecule has 3 aromatic carbocycles. The summed E-state index contributed by atoms with van der Waals surface area (Å²) in [5.41, 5.74) is -4.20. The summed E-state index contributed by atoms with van der Waals surface area (Å²) >= 11 is 0. The molecule has 1 amide bonds. The van der Waals surface area contributed by atoms with E-state index in [1.165, 1.54) is 0 Å². The van der Waals surface area contributed by atoms with Crippen LogP contribution in [0.1, 0.15) is 99.5 Å². The van der Waals surface area contributed by atoms with Gasteiger partial charge in [0.05, 0.1) is 42.6 Å². The van der Waals surface area contributed by atoms with Crippen molar-refractivity contribution in [3.05, 3.63) is 119 Å². The maximum absolute atomic E-state index is 15.3. The Kier molecular flexibility index (Phi) is 12.3. The van der Waals surface area contributed by atoms with E-state index >= 15 is 4.79 Å². The zero-order chi connectivity index (χ0) is 45.6. The minimum absolute atomic E-state index is 0.150. The van der Waals surface area contributed by atoms with Crippen molar-refractivity contribution in [1.29, 1.82) is 0 Å². The lowest BCUT2D eigenvalue weighted by Gasteiger charge is -2.68. The van der Waals surface area contributed by atoms with Crippen molar-refractivity contribution in [3.8, 4) is 0 Å². The summed E-state index contributed by atoms with van der Waals surface area (Å²) in [6.07, 6.45) is -7.86. The molecule has 4 N–H and O–H groups in total. The van der Waals surface area contributed by atoms with E-state index in [1.54, 1.807) is 126 Å². The number of carboxylic acids is 1. The second-order valence-electron chi connectivity index (χ2n) is 18.4. The molecule has 0 radical (unpaired) electrons. The number of carbonyl (C=O) groups is 6. The van der Waals surface area contributed by atoms with Gasteiger partial charge in [0.15, 0.2) is 0 Å². The molecule has 2 bridgehead atoms. The minimum Gasteiger partial charge on any atom is -0.481 e. The zero-order valence-electron chi connectivity index (χ0n) is 36.2. The van der Waals surface area contributed by atoms with Crippen molar-refractivity contribution < 1.29 is 63.0 Å². The van der Waals surface area contributed by atoms with Crippen molar-refractivity contribution in [2.75, 3.05) is 6.61 Å². The first-order valence-electron chi connectivity index (χ1n) is 21.3. The highest BCUT2D eigenvalue weighted by Crippen LogP contribution is 2.66. The molecule has 3 aromatic rings. The summed E-state index contributed by atoms with van der Waals surface area (Å²) in [7, 11) is 0. The maximum Gasteiger partial charge on any atom is 0.350 e. The second-order valence-corrected chi connectivity index (χ2v) is 18.4. The van der Waals surface area contributed by atoms with Gasteiger partial charge in [0, 0.05) is 41.1 Å². The van der Waals surface area contributed by atoms with Crippen LogP contribution in [0.3, 0.4) is 0 Å². The number of amides is 1. The molecular formula is C49H55NO13. The molecule has 0 aromatic heterocycles. The Hall–Kier alpha value is -5.70. The van der Waals surface area contributed by atoms with Gasteiger partial charge >= 0.3 is 23.9 Å². The minimum atomic E-state index is -2.09. The lowest BCUT2D eigenvalue weighted by atomic mass is 9.41. The normalized spacial score (nSPS) is 31.6. The van der Waals surface area contributed by atoms with Crippen molar-refractivity contribution >= 4 is 35.6 Å². The van der Waals surface area contributed by atoms with Gasteiger partial charge in [-0.15, -0.1) is 0 Å². The monoisotopic (exact) mass is 865 g/mol. The molecule has 14 heteroatoms. The highest BCUT2D eigenvalue weighted by atomic mass is 16.6. The molecule has 1 saturated heterocycles. The Morgan fingerprint density at radius 1 is 0.857 bits per heavy atom. The van der Waals surface area contributed by atoms with Gasteiger partial charge in [-0.3, -0.25) is 19.2 Å². The van der Waals surface area contributed by atoms with Gasteiger partial charge in [-0.25, -0.2) is 9.59 Å². The van der Waals surface area contributed by atoms with Crippen LogP contribution in [0.5, 0.6) is 0 Å². The Bertz CT molecular complexity index is 2300. The van der Waals surface area contributed by atoms with Crippen molar-refractivity contribution in [2.24, 2.45) is 28.1 Å². The van der Waals surface area contributed by atoms with Crippen LogP contribution in [0.25, 0.3) is 0 Å². The van der Waals surface area contributed by atoms with E-state index < -0.39 is 113 Å². The Labute approximate surface area is 366 Å². The number of benzene rings is 3. The smallest absolute Gasteiger partial charge is 0.350 e. The molecule has 1 aliphatic heterocycles. The quantitative estimate of drug-likeness (QED) is 0.0999. The first-order chi connectivity index (χ1) is 29.7. The highest BCUT2D eigenvalue weighted by Gasteiger charge is 2.74. The van der Waals surface area contributed by atoms with Gasteiger partial charge in [-0.05, 0) is 54.8 Å². The van der Waals surface area contributed by atoms with Crippen LogP contribution in [-0.4, -0.2) is 93.6 Å². The summed E-state index contributed by atoms with van der Waals surface area (Å²) in [6.45, 7) is 10.6. The third-order valence-electron chi connectivity index (χ3n) is 14.4. The number of aliphatic hydroxyl groups excluding tert-OH is 1. The summed E-state index contributed by atoms with van der Waals surface area (Å²) in [5.74, 6) is -7.14. The molecule has 0 spiro atoms. The predicted octanol–water partition coefficient (Wildman–Crippen LogP) is 5.56. The molecule has 11 atom stereocenters. The molecular weight excluding hydrogens is 811 g/mol. The van der Waals surface area contributed by atoms with E-state index in [4.69, 9.17) is 18.9 Å². The number of carbonyl (C=O) groups excluding carboxylic acids is 5. The number of ketones is 1. The molecule has 63 heavy (non-hydrogen) atoms. The average Bonchev–Trinajstić information content (AvgIpc) is 3.26. The van der Waals surface area contributed by atoms with Crippen LogP contribution in [0.2, 0.25) is 0 Å². The lowest BCUT2D eigenvalue weighted by Crippen LogP contribution is -2.77. The van der Waals surface area contributed by atoms with Crippen molar-refractivity contribution in [3.63, 3.8) is 0 Å². The van der Waals surface area contributed by atoms with Gasteiger partial charge in [-0.2, -0.15) is 0 Å². The molecule has 1 heterocycles. The van der Waals surface area contributed by atoms with E-state index in [0.29, 0.717) is 16.7 Å². The molecule has 2 saturated carbocycles. The summed E-state index contributed by atoms with van der Waals surface area (Å²) in [5, 5.41) is 37.8. The second kappa shape index (κ2) is 17.1. The molecule has 4 aliphatic rings. The number of fused-ring (bicyclic) bond motifs is 5. The first-order valence-corrected chi connectivity index (χ1v) is 21.3. The number of hydrogen-bond donors (Lipinski definition) is 4. The molecule has 14 nitrogen and oxygen atoms in total. The zero-order valence-corrected chi connectivity index (χ0v) is 36.2. The Morgan fingerprint density at radius 3 is 2.02 bits per heavy atom. The largest absolute Gasteiger partial charge is 0.481 e. The van der Waals surface area contributed by atoms with E-state index in [9.17, 15) is 39.3 Å². The van der Waals surface area contributed by atoms with E-state index in [0.717, 1.165) is 0 Å². The van der Waals surface area contributed by atoms with Crippen LogP contribution in [0.4, 0.5) is 0 Å². The number of Topliss-reactive ketones (excluding diaryl/α,β-unsaturated/α-hetero) is 1. The number of esters is 3. The maximum atomic E-state index is 15.3. The van der Waals surface area contributed by atoms with E-state index in [2.05, 4.69) is 5.32 Å². The lowest BCUT2D eigenvalue weighted by molar-refractivity contribution is -0.312. The molecule has 0 unspecified atom stereocenters. The molecule has 7 rings (SSSR count). The van der Waals surface area contributed by atoms with Crippen molar-refractivity contribution in [1.82, 2.24) is 5.32 Å². The van der Waals surface area contributed by atoms with Gasteiger partial charge in [0.1, 0.15) is 29.6 Å². The Morgan fingerprint density at radius 2 is 1.44 bits per heavy atom. The predicted molar refractivity (Wildman–Crippen MR) is 226 cm³/mol. The summed E-state index contributed by atoms with van der Waals surface area (Å²) in [4.78, 5) is 82.9. The van der Waals surface area contributed by atoms with Crippen LogP contribution < -0.4 is 5.32 Å². The van der Waals surface area contributed by atoms with E-state index in [1.807, 2.05) is 6.92 Å². The fourth-order valence-corrected chi connectivity index (χ4v) is 11.0. The van der Waals surface area contributed by atoms with E-state index in [-0.39, 0.29) is 36.4 Å². The van der Waals surface area contributed by atoms with Crippen LogP contribution in [-0.2, 0) is 38.1 Å². The van der Waals surface area contributed by atoms with Gasteiger partial charge < -0.3 is 39.6 Å². The first kappa shape index (κ1) is 45.3. The van der Waals surface area contributed by atoms with Gasteiger partial charge in [-0.1, -0.05) is 94.4 Å². The van der Waals surface area contributed by atoms with Crippen LogP contribution >= 0.6 is 0 Å². The Balaban J connectivity index is 1.35. The fraction of sp³-hybridized carbons (Fsp3) is 0.469. The number of carboxylic acid groups (broad SMARTS) is 1. The standard InChI is InChI=1S/C49H55NO13/c1-27-32(61-45(58)39(62-36(54)23-22-35(52)53)38(29-16-10-7-11-17-29)50-43(56)30-18-12-8-13-19-30)25-49(59)42(63-44(57)31-20-14-9-15-21-31)40-47(5)26-60-34(47)24-33(51)48(40,6)41(55)28(2)37(27)46(49,3)4/h7-21,28,32-34,38-40,42,51,59H,22-26H2,1-6H3,(H,50,56)(H,52,53)/t28-,32+,33+,34-,38+,39-,40-,42+,47-,48-,49-/m1/s1. The molecule has 334 valence electrons. The van der Waals surface area contributed by atoms with Crippen molar-refractivity contribution in [2.45, 2.75) is 109 Å². The molecule has 3 aliphatic carbocycles. The number of aliphatic carboxylic acids is 1. The number of rotatable bonds is 12. The highest BCUT2D eigenvalue weighted by molar-refractivity contribution is 5.95. The number of nitrogens with one attached hydrogen (secondary N) is 1. The summed E-state index contributed by atoms with van der Waals surface area (Å²) < 4.78 is 24.6. The topological polar surface area (TPSA) is 212 Å². The number of hydrogen-bond acceptors (Lipinski definition) is 12. The number of aliphatic hydroxyl groups is 2. The van der Waals surface area contributed by atoms with Gasteiger partial charge in [0.25, 0.3) is 5.91 Å². The third-order valence-corrected chi connectivity index (χ3v) is 14.4.